The minimum Gasteiger partial charge on any atom is -0.309 e. The van der Waals surface area contributed by atoms with Gasteiger partial charge in [-0.15, -0.1) is 0 Å². The Hall–Kier alpha value is -12.1. The molecule has 0 N–H and O–H groups in total. The highest BCUT2D eigenvalue weighted by atomic mass is 15.0. The van der Waals surface area contributed by atoms with E-state index in [4.69, 9.17) is 29.9 Å². The van der Waals surface area contributed by atoms with Crippen LogP contribution in [0.15, 0.2) is 261 Å². The van der Waals surface area contributed by atoms with Gasteiger partial charge in [-0.25, -0.2) is 39.9 Å². The van der Waals surface area contributed by atoms with Crippen molar-refractivity contribution in [3.63, 3.8) is 0 Å². The van der Waals surface area contributed by atoms with E-state index in [9.17, 15) is 0 Å². The van der Waals surface area contributed by atoms with Crippen molar-refractivity contribution in [1.82, 2.24) is 53.6 Å². The standard InChI is InChI=1S/C80H55N11/c1-48-81-49(2)84-79(83-48)56-35-41-75-67(43-56)68-44-57(80-85-50(3)82-51(4)86-80)36-42-76(68)91(75)77-65(52-31-37-59(38-32-52)89-71-27-15-11-23-61(71)62-24-12-16-28-72(62)89)45-58(70-47-69(54-19-7-5-8-20-54)87-78(88-70)55-21-9-6-10-22-55)46-66(77)53-33-39-60(40-34-53)90-73-29-17-13-25-63(73)64-26-14-18-30-74(64)90/h5-47H,1-4H3. The quantitative estimate of drug-likeness (QED) is 0.133. The van der Waals surface area contributed by atoms with Gasteiger partial charge in [-0.05, 0) is 142 Å². The SMILES string of the molecule is Cc1nc(C)nc(-c2ccc3c(c2)c2cc(-c4nc(C)nc(C)n4)ccc2n3-c2c(-c3ccc(-n4c5ccccc5c5ccccc54)cc3)cc(-c3cc(-c4ccccc4)nc(-c4ccccc4)n3)cc2-c2ccc(-n3c4ccccc4c4ccccc43)cc2)n1. The van der Waals surface area contributed by atoms with Gasteiger partial charge in [0.1, 0.15) is 23.3 Å². The highest BCUT2D eigenvalue weighted by Crippen LogP contribution is 2.46. The third-order valence-electron chi connectivity index (χ3n) is 17.5. The molecule has 0 spiro atoms. The summed E-state index contributed by atoms with van der Waals surface area (Å²) in [6.45, 7) is 7.66. The van der Waals surface area contributed by atoms with Gasteiger partial charge >= 0.3 is 0 Å². The molecule has 0 fully saturated rings. The Bertz CT molecular complexity index is 5260. The third-order valence-corrected chi connectivity index (χ3v) is 17.5. The first-order valence-corrected chi connectivity index (χ1v) is 30.6. The zero-order valence-electron chi connectivity index (χ0n) is 50.2. The summed E-state index contributed by atoms with van der Waals surface area (Å²) in [6, 6.07) is 93.5. The van der Waals surface area contributed by atoms with Crippen LogP contribution in [0.1, 0.15) is 23.3 Å². The van der Waals surface area contributed by atoms with Gasteiger partial charge in [-0.3, -0.25) is 0 Å². The molecule has 11 aromatic carbocycles. The minimum absolute atomic E-state index is 0.611. The van der Waals surface area contributed by atoms with Crippen LogP contribution in [-0.4, -0.2) is 53.6 Å². The Morgan fingerprint density at radius 2 is 0.549 bits per heavy atom. The number of hydrogen-bond donors (Lipinski definition) is 0. The van der Waals surface area contributed by atoms with E-state index >= 15 is 0 Å². The van der Waals surface area contributed by atoms with E-state index in [-0.39, 0.29) is 0 Å². The molecule has 11 heteroatoms. The van der Waals surface area contributed by atoms with Crippen molar-refractivity contribution in [3.05, 3.63) is 284 Å². The molecule has 0 radical (unpaired) electrons. The molecule has 430 valence electrons. The van der Waals surface area contributed by atoms with Crippen molar-refractivity contribution in [1.29, 1.82) is 0 Å². The maximum absolute atomic E-state index is 5.52. The van der Waals surface area contributed by atoms with Gasteiger partial charge in [-0.1, -0.05) is 158 Å². The second-order valence-electron chi connectivity index (χ2n) is 23.3. The first-order chi connectivity index (χ1) is 44.7. The van der Waals surface area contributed by atoms with Crippen molar-refractivity contribution >= 4 is 65.4 Å². The van der Waals surface area contributed by atoms with E-state index in [1.165, 1.54) is 21.5 Å². The molecule has 17 rings (SSSR count). The lowest BCUT2D eigenvalue weighted by molar-refractivity contribution is 0.928. The molecule has 0 aliphatic carbocycles. The van der Waals surface area contributed by atoms with Gasteiger partial charge in [0.25, 0.3) is 0 Å². The Labute approximate surface area is 524 Å². The summed E-state index contributed by atoms with van der Waals surface area (Å²) in [5.41, 5.74) is 19.9. The van der Waals surface area contributed by atoms with Gasteiger partial charge < -0.3 is 13.7 Å². The summed E-state index contributed by atoms with van der Waals surface area (Å²) in [7, 11) is 0. The molecule has 91 heavy (non-hydrogen) atoms. The summed E-state index contributed by atoms with van der Waals surface area (Å²) < 4.78 is 7.20. The van der Waals surface area contributed by atoms with Crippen molar-refractivity contribution < 1.29 is 0 Å². The van der Waals surface area contributed by atoms with Crippen LogP contribution >= 0.6 is 0 Å². The fourth-order valence-corrected chi connectivity index (χ4v) is 13.5. The topological polar surface area (TPSA) is 118 Å². The number of nitrogens with zero attached hydrogens (tertiary/aromatic N) is 11. The monoisotopic (exact) mass is 1170 g/mol. The molecular weight excluding hydrogens is 1110 g/mol. The zero-order chi connectivity index (χ0) is 60.8. The van der Waals surface area contributed by atoms with Crippen LogP contribution in [0.25, 0.3) is 161 Å². The second kappa shape index (κ2) is 21.4. The number of para-hydroxylation sites is 4. The summed E-state index contributed by atoms with van der Waals surface area (Å²) >= 11 is 0. The first kappa shape index (κ1) is 53.2. The molecule has 6 aromatic heterocycles. The lowest BCUT2D eigenvalue weighted by Gasteiger charge is -2.22. The number of aromatic nitrogens is 11. The molecule has 0 unspecified atom stereocenters. The van der Waals surface area contributed by atoms with Crippen molar-refractivity contribution in [2.45, 2.75) is 27.7 Å². The number of rotatable bonds is 10. The Morgan fingerprint density at radius 1 is 0.220 bits per heavy atom. The van der Waals surface area contributed by atoms with Crippen LogP contribution in [0.2, 0.25) is 0 Å². The molecule has 0 aliphatic rings. The average molecular weight is 1170 g/mol. The van der Waals surface area contributed by atoms with Crippen molar-refractivity contribution in [2.24, 2.45) is 0 Å². The van der Waals surface area contributed by atoms with Crippen LogP contribution in [0.4, 0.5) is 0 Å². The highest BCUT2D eigenvalue weighted by molar-refractivity contribution is 6.14. The van der Waals surface area contributed by atoms with Gasteiger partial charge in [0.05, 0.1) is 50.2 Å². The van der Waals surface area contributed by atoms with Gasteiger partial charge in [0, 0.05) is 82.6 Å². The normalized spacial score (nSPS) is 11.7. The number of hydrogen-bond acceptors (Lipinski definition) is 8. The molecule has 0 amide bonds. The highest BCUT2D eigenvalue weighted by Gasteiger charge is 2.26. The molecule has 6 heterocycles. The Morgan fingerprint density at radius 3 is 0.956 bits per heavy atom. The minimum atomic E-state index is 0.611. The summed E-state index contributed by atoms with van der Waals surface area (Å²) in [5.74, 6) is 4.49. The second-order valence-corrected chi connectivity index (χ2v) is 23.3. The molecular formula is C80H55N11. The molecule has 0 aliphatic heterocycles. The third kappa shape index (κ3) is 9.12. The Kier molecular flexibility index (Phi) is 12.5. The molecule has 17 aromatic rings. The molecule has 0 saturated carbocycles. The summed E-state index contributed by atoms with van der Waals surface area (Å²) in [4.78, 5) is 39.5. The van der Waals surface area contributed by atoms with Crippen molar-refractivity contribution in [2.75, 3.05) is 0 Å². The molecule has 0 bridgehead atoms. The van der Waals surface area contributed by atoms with Gasteiger partial charge in [-0.2, -0.15) is 0 Å². The number of benzene rings is 11. The lowest BCUT2D eigenvalue weighted by atomic mass is 9.91. The number of fused-ring (bicyclic) bond motifs is 9. The largest absolute Gasteiger partial charge is 0.309 e. The summed E-state index contributed by atoms with van der Waals surface area (Å²) in [6.07, 6.45) is 0. The molecule has 11 nitrogen and oxygen atoms in total. The van der Waals surface area contributed by atoms with E-state index in [1.54, 1.807) is 0 Å². The van der Waals surface area contributed by atoms with Crippen molar-refractivity contribution in [3.8, 4) is 96.0 Å². The van der Waals surface area contributed by atoms with Crippen LogP contribution in [-0.2, 0) is 0 Å². The van der Waals surface area contributed by atoms with Crippen LogP contribution in [0.5, 0.6) is 0 Å². The fourth-order valence-electron chi connectivity index (χ4n) is 13.5. The first-order valence-electron chi connectivity index (χ1n) is 30.6. The van der Waals surface area contributed by atoms with E-state index < -0.39 is 0 Å². The maximum atomic E-state index is 5.52. The predicted molar refractivity (Wildman–Crippen MR) is 369 cm³/mol. The van der Waals surface area contributed by atoms with E-state index in [0.29, 0.717) is 40.8 Å². The Balaban J connectivity index is 0.980. The van der Waals surface area contributed by atoms with E-state index in [0.717, 1.165) is 122 Å². The molecule has 0 saturated heterocycles. The van der Waals surface area contributed by atoms with Crippen LogP contribution in [0, 0.1) is 27.7 Å². The zero-order valence-corrected chi connectivity index (χ0v) is 50.2. The van der Waals surface area contributed by atoms with Crippen LogP contribution < -0.4 is 0 Å². The predicted octanol–water partition coefficient (Wildman–Crippen LogP) is 19.0. The van der Waals surface area contributed by atoms with E-state index in [2.05, 4.69) is 260 Å². The lowest BCUT2D eigenvalue weighted by Crippen LogP contribution is -2.03. The van der Waals surface area contributed by atoms with Crippen LogP contribution in [0.3, 0.4) is 0 Å². The maximum Gasteiger partial charge on any atom is 0.163 e. The van der Waals surface area contributed by atoms with E-state index in [1.807, 2.05) is 52.0 Å². The van der Waals surface area contributed by atoms with Gasteiger partial charge in [0.2, 0.25) is 0 Å². The summed E-state index contributed by atoms with van der Waals surface area (Å²) in [5, 5.41) is 6.85. The number of aryl methyl sites for hydroxylation is 4. The molecule has 0 atom stereocenters. The average Bonchev–Trinajstić information content (AvgIpc) is 1.60. The van der Waals surface area contributed by atoms with Gasteiger partial charge in [0.15, 0.2) is 17.5 Å². The smallest absolute Gasteiger partial charge is 0.163 e. The fraction of sp³-hybridized carbons (Fsp3) is 0.0500.